The minimum atomic E-state index is -2.90. The Kier molecular flexibility index (Phi) is 8.28. The Hall–Kier alpha value is -3.34. The zero-order chi connectivity index (χ0) is 30.3. The van der Waals surface area contributed by atoms with Crippen LogP contribution < -0.4 is 10.2 Å². The first kappa shape index (κ1) is 29.7. The third kappa shape index (κ3) is 5.68. The molecule has 0 unspecified atom stereocenters. The van der Waals surface area contributed by atoms with E-state index < -0.39 is 29.3 Å². The van der Waals surface area contributed by atoms with E-state index in [0.29, 0.717) is 63.8 Å². The van der Waals surface area contributed by atoms with Gasteiger partial charge in [-0.1, -0.05) is 17.7 Å². The van der Waals surface area contributed by atoms with Gasteiger partial charge in [0.15, 0.2) is 0 Å². The van der Waals surface area contributed by atoms with Crippen molar-refractivity contribution in [2.45, 2.75) is 69.2 Å². The van der Waals surface area contributed by atoms with Gasteiger partial charge in [-0.2, -0.15) is 0 Å². The van der Waals surface area contributed by atoms with Crippen molar-refractivity contribution in [2.75, 3.05) is 37.6 Å². The topological polar surface area (TPSA) is 85.8 Å². The first-order chi connectivity index (χ1) is 20.7. The maximum atomic E-state index is 14.5. The standard InChI is InChI=1S/C31H35ClF3N5O3/c32-20-15-23(26(27(34)35)36-17-20)28(41)37-22-6-3-19(4-7-22)18-40-25-16-21(33)5-8-24(25)31(29(40)42)9-13-39(14-10-31)30(43)38-11-1-2-12-38/h5,8,15-17,19,22,27H,1-4,6-7,9-14,18H2,(H,37,41). The molecule has 3 fully saturated rings. The number of nitrogens with one attached hydrogen (secondary N) is 1. The molecule has 0 atom stereocenters. The lowest BCUT2D eigenvalue weighted by atomic mass is 9.73. The molecule has 4 heterocycles. The van der Waals surface area contributed by atoms with Crippen LogP contribution >= 0.6 is 11.6 Å². The van der Waals surface area contributed by atoms with Gasteiger partial charge in [-0.3, -0.25) is 14.6 Å². The van der Waals surface area contributed by atoms with Crippen LogP contribution in [0, 0.1) is 11.7 Å². The van der Waals surface area contributed by atoms with Crippen LogP contribution in [0.25, 0.3) is 0 Å². The van der Waals surface area contributed by atoms with Crippen molar-refractivity contribution in [3.8, 4) is 0 Å². The predicted octanol–water partition coefficient (Wildman–Crippen LogP) is 5.70. The number of alkyl halides is 2. The molecule has 1 aliphatic carbocycles. The summed E-state index contributed by atoms with van der Waals surface area (Å²) in [6.07, 6.45) is 3.87. The number of halogens is 4. The van der Waals surface area contributed by atoms with Crippen molar-refractivity contribution >= 4 is 35.1 Å². The number of nitrogens with zero attached hydrogens (tertiary/aromatic N) is 4. The fourth-order valence-electron chi connectivity index (χ4n) is 7.28. The Balaban J connectivity index is 1.10. The molecule has 12 heteroatoms. The van der Waals surface area contributed by atoms with E-state index in [1.165, 1.54) is 18.2 Å². The summed E-state index contributed by atoms with van der Waals surface area (Å²) in [7, 11) is 0. The highest BCUT2D eigenvalue weighted by Gasteiger charge is 2.53. The molecule has 1 aromatic carbocycles. The van der Waals surface area contributed by atoms with Gasteiger partial charge in [-0.05, 0) is 81.0 Å². The lowest BCUT2D eigenvalue weighted by Gasteiger charge is -2.40. The minimum absolute atomic E-state index is 0.0369. The second kappa shape index (κ2) is 12.0. The largest absolute Gasteiger partial charge is 0.349 e. The molecule has 8 nitrogen and oxygen atoms in total. The number of benzene rings is 1. The fraction of sp³-hybridized carbons (Fsp3) is 0.548. The van der Waals surface area contributed by atoms with Crippen molar-refractivity contribution in [1.82, 2.24) is 20.1 Å². The predicted molar refractivity (Wildman–Crippen MR) is 155 cm³/mol. The highest BCUT2D eigenvalue weighted by atomic mass is 35.5. The van der Waals surface area contributed by atoms with Gasteiger partial charge in [0.05, 0.1) is 21.7 Å². The van der Waals surface area contributed by atoms with E-state index >= 15 is 0 Å². The van der Waals surface area contributed by atoms with Crippen molar-refractivity contribution in [3.05, 3.63) is 58.1 Å². The van der Waals surface area contributed by atoms with E-state index in [1.54, 1.807) is 11.0 Å². The number of amides is 4. The lowest BCUT2D eigenvalue weighted by molar-refractivity contribution is -0.124. The van der Waals surface area contributed by atoms with Gasteiger partial charge in [-0.15, -0.1) is 0 Å². The number of anilines is 1. The molecule has 2 aromatic rings. The Morgan fingerprint density at radius 2 is 1.70 bits per heavy atom. The molecule has 1 saturated carbocycles. The van der Waals surface area contributed by atoms with E-state index in [2.05, 4.69) is 10.3 Å². The molecule has 43 heavy (non-hydrogen) atoms. The summed E-state index contributed by atoms with van der Waals surface area (Å²) in [5.41, 5.74) is -0.173. The van der Waals surface area contributed by atoms with E-state index in [0.717, 1.165) is 37.7 Å². The van der Waals surface area contributed by atoms with Crippen molar-refractivity contribution in [2.24, 2.45) is 5.92 Å². The van der Waals surface area contributed by atoms with Crippen LogP contribution in [0.15, 0.2) is 30.5 Å². The Morgan fingerprint density at radius 1 is 1.02 bits per heavy atom. The number of rotatable bonds is 5. The summed E-state index contributed by atoms with van der Waals surface area (Å²) in [5, 5.41) is 2.95. The van der Waals surface area contributed by atoms with Gasteiger partial charge < -0.3 is 20.0 Å². The van der Waals surface area contributed by atoms with Crippen molar-refractivity contribution in [1.29, 1.82) is 0 Å². The average molecular weight is 618 g/mol. The number of urea groups is 1. The molecule has 230 valence electrons. The number of piperidine rings is 1. The van der Waals surface area contributed by atoms with Crippen LogP contribution in [-0.2, 0) is 10.2 Å². The number of hydrogen-bond donors (Lipinski definition) is 1. The maximum Gasteiger partial charge on any atom is 0.319 e. The first-order valence-electron chi connectivity index (χ1n) is 15.1. The van der Waals surface area contributed by atoms with Crippen LogP contribution in [-0.4, -0.2) is 71.4 Å². The van der Waals surface area contributed by atoms with Gasteiger partial charge in [0.2, 0.25) is 5.91 Å². The van der Waals surface area contributed by atoms with Crippen LogP contribution in [0.1, 0.15) is 79.4 Å². The highest BCUT2D eigenvalue weighted by molar-refractivity contribution is 6.30. The molecule has 6 rings (SSSR count). The van der Waals surface area contributed by atoms with Gasteiger partial charge in [0.25, 0.3) is 12.3 Å². The molecule has 3 aliphatic heterocycles. The van der Waals surface area contributed by atoms with Gasteiger partial charge in [-0.25, -0.2) is 18.0 Å². The molecular weight excluding hydrogens is 583 g/mol. The van der Waals surface area contributed by atoms with E-state index in [-0.39, 0.29) is 34.5 Å². The molecular formula is C31H35ClF3N5O3. The smallest absolute Gasteiger partial charge is 0.319 e. The summed E-state index contributed by atoms with van der Waals surface area (Å²) in [4.78, 5) is 49.0. The molecule has 2 saturated heterocycles. The quantitative estimate of drug-likeness (QED) is 0.467. The summed E-state index contributed by atoms with van der Waals surface area (Å²) < 4.78 is 41.2. The third-order valence-corrected chi connectivity index (χ3v) is 9.85. The first-order valence-corrected chi connectivity index (χ1v) is 15.4. The molecule has 1 aromatic heterocycles. The molecule has 1 spiro atoms. The Labute approximate surface area is 253 Å². The number of fused-ring (bicyclic) bond motifs is 2. The Morgan fingerprint density at radius 3 is 2.37 bits per heavy atom. The number of pyridine rings is 1. The maximum absolute atomic E-state index is 14.5. The zero-order valence-electron chi connectivity index (χ0n) is 23.8. The van der Waals surface area contributed by atoms with Gasteiger partial charge >= 0.3 is 6.03 Å². The van der Waals surface area contributed by atoms with Crippen LogP contribution in [0.3, 0.4) is 0 Å². The number of carbonyl (C=O) groups is 3. The molecule has 0 radical (unpaired) electrons. The second-order valence-corrected chi connectivity index (χ2v) is 12.6. The zero-order valence-corrected chi connectivity index (χ0v) is 24.6. The molecule has 4 aliphatic rings. The molecule has 1 N–H and O–H groups in total. The van der Waals surface area contributed by atoms with Crippen LogP contribution in [0.5, 0.6) is 0 Å². The van der Waals surface area contributed by atoms with Crippen LogP contribution in [0.4, 0.5) is 23.7 Å². The monoisotopic (exact) mass is 617 g/mol. The number of aromatic nitrogens is 1. The molecule has 4 amide bonds. The van der Waals surface area contributed by atoms with Crippen LogP contribution in [0.2, 0.25) is 5.02 Å². The van der Waals surface area contributed by atoms with E-state index in [9.17, 15) is 27.6 Å². The second-order valence-electron chi connectivity index (χ2n) is 12.2. The highest BCUT2D eigenvalue weighted by Crippen LogP contribution is 2.49. The average Bonchev–Trinajstić information content (AvgIpc) is 3.61. The number of likely N-dealkylation sites (tertiary alicyclic amines) is 2. The van der Waals surface area contributed by atoms with E-state index in [1.807, 2.05) is 9.80 Å². The number of carbonyl (C=O) groups excluding carboxylic acids is 3. The van der Waals surface area contributed by atoms with E-state index in [4.69, 9.17) is 11.6 Å². The minimum Gasteiger partial charge on any atom is -0.349 e. The summed E-state index contributed by atoms with van der Waals surface area (Å²) in [5.74, 6) is -0.945. The van der Waals surface area contributed by atoms with Crippen molar-refractivity contribution in [3.63, 3.8) is 0 Å². The fourth-order valence-corrected chi connectivity index (χ4v) is 7.44. The summed E-state index contributed by atoms with van der Waals surface area (Å²) in [6.45, 7) is 2.94. The summed E-state index contributed by atoms with van der Waals surface area (Å²) >= 11 is 5.91. The SMILES string of the molecule is O=C(NC1CCC(CN2C(=O)C3(CCN(C(=O)N4CCCC4)CC3)c3ccc(F)cc32)CC1)c1cc(Cl)cnc1C(F)F. The molecule has 0 bridgehead atoms. The van der Waals surface area contributed by atoms with Gasteiger partial charge in [0.1, 0.15) is 11.5 Å². The Bertz CT molecular complexity index is 1400. The third-order valence-electron chi connectivity index (χ3n) is 9.64. The summed E-state index contributed by atoms with van der Waals surface area (Å²) in [6, 6.07) is 5.60. The normalized spacial score (nSPS) is 23.3. The number of hydrogen-bond acceptors (Lipinski definition) is 4. The van der Waals surface area contributed by atoms with Crippen molar-refractivity contribution < 1.29 is 27.6 Å². The lowest BCUT2D eigenvalue weighted by Crippen LogP contribution is -2.53. The van der Waals surface area contributed by atoms with Gasteiger partial charge in [0, 0.05) is 45.0 Å².